The monoisotopic (exact) mass is 288 g/mol. The average molecular weight is 288 g/mol. The van der Waals surface area contributed by atoms with Gasteiger partial charge in [0.05, 0.1) is 0 Å². The molecular weight excluding hydrogens is 264 g/mol. The number of amides is 1. The first kappa shape index (κ1) is 14.4. The highest BCUT2D eigenvalue weighted by atomic mass is 16.2. The Morgan fingerprint density at radius 2 is 1.95 bits per heavy atom. The number of rotatable bonds is 2. The number of aromatic amines is 1. The summed E-state index contributed by atoms with van der Waals surface area (Å²) in [5, 5.41) is 0. The number of nitrogens with one attached hydrogen (secondary N) is 1. The zero-order valence-corrected chi connectivity index (χ0v) is 12.7. The highest BCUT2D eigenvalue weighted by molar-refractivity contribution is 5.94. The number of pyridine rings is 1. The molecule has 2 aliphatic rings. The fourth-order valence-corrected chi connectivity index (χ4v) is 3.95. The SMILES string of the molecule is Cc1cc(=O)c(C(=O)N2CCCC2C2CCCCC2)c[nH]1. The summed E-state index contributed by atoms with van der Waals surface area (Å²) >= 11 is 0. The Morgan fingerprint density at radius 3 is 2.67 bits per heavy atom. The number of likely N-dealkylation sites (tertiary alicyclic amines) is 1. The van der Waals surface area contributed by atoms with Gasteiger partial charge in [-0.05, 0) is 38.5 Å². The zero-order chi connectivity index (χ0) is 14.8. The molecule has 4 nitrogen and oxygen atoms in total. The lowest BCUT2D eigenvalue weighted by molar-refractivity contribution is 0.0660. The molecule has 114 valence electrons. The lowest BCUT2D eigenvalue weighted by atomic mass is 9.83. The minimum Gasteiger partial charge on any atom is -0.364 e. The Hall–Kier alpha value is -1.58. The fraction of sp³-hybridized carbons (Fsp3) is 0.647. The van der Waals surface area contributed by atoms with Gasteiger partial charge in [0.15, 0.2) is 5.43 Å². The number of aryl methyl sites for hydroxylation is 1. The predicted octanol–water partition coefficient (Wildman–Crippen LogP) is 2.87. The van der Waals surface area contributed by atoms with Crippen LogP contribution in [0.5, 0.6) is 0 Å². The molecular formula is C17H24N2O2. The number of carbonyl (C=O) groups is 1. The Bertz CT molecular complexity index is 572. The molecule has 1 aliphatic heterocycles. The van der Waals surface area contributed by atoms with Crippen LogP contribution in [0.15, 0.2) is 17.1 Å². The van der Waals surface area contributed by atoms with Crippen LogP contribution < -0.4 is 5.43 Å². The minimum absolute atomic E-state index is 0.0793. The topological polar surface area (TPSA) is 53.2 Å². The quantitative estimate of drug-likeness (QED) is 0.909. The molecule has 0 bridgehead atoms. The van der Waals surface area contributed by atoms with Crippen LogP contribution in [0.3, 0.4) is 0 Å². The van der Waals surface area contributed by atoms with E-state index in [1.165, 1.54) is 38.2 Å². The summed E-state index contributed by atoms with van der Waals surface area (Å²) in [6, 6.07) is 1.86. The van der Waals surface area contributed by atoms with Crippen molar-refractivity contribution in [3.63, 3.8) is 0 Å². The van der Waals surface area contributed by atoms with Crippen LogP contribution in [0.4, 0.5) is 0 Å². The van der Waals surface area contributed by atoms with E-state index in [1.807, 2.05) is 11.8 Å². The highest BCUT2D eigenvalue weighted by Crippen LogP contribution is 2.34. The van der Waals surface area contributed by atoms with E-state index in [0.717, 1.165) is 25.1 Å². The summed E-state index contributed by atoms with van der Waals surface area (Å²) in [4.78, 5) is 29.8. The molecule has 1 amide bonds. The zero-order valence-electron chi connectivity index (χ0n) is 12.7. The van der Waals surface area contributed by atoms with Gasteiger partial charge in [-0.1, -0.05) is 19.3 Å². The van der Waals surface area contributed by atoms with Crippen molar-refractivity contribution in [2.45, 2.75) is 57.9 Å². The first-order chi connectivity index (χ1) is 10.2. The molecule has 1 unspecified atom stereocenters. The molecule has 1 atom stereocenters. The van der Waals surface area contributed by atoms with Gasteiger partial charge in [-0.25, -0.2) is 0 Å². The summed E-state index contributed by atoms with van der Waals surface area (Å²) in [7, 11) is 0. The van der Waals surface area contributed by atoms with E-state index in [0.29, 0.717) is 17.5 Å². The molecule has 1 aromatic rings. The summed E-state index contributed by atoms with van der Waals surface area (Å²) < 4.78 is 0. The van der Waals surface area contributed by atoms with E-state index in [9.17, 15) is 9.59 Å². The van der Waals surface area contributed by atoms with Crippen LogP contribution in [-0.4, -0.2) is 28.4 Å². The van der Waals surface area contributed by atoms with Crippen molar-refractivity contribution in [2.24, 2.45) is 5.92 Å². The van der Waals surface area contributed by atoms with Gasteiger partial charge in [0.25, 0.3) is 5.91 Å². The number of hydrogen-bond donors (Lipinski definition) is 1. The van der Waals surface area contributed by atoms with E-state index in [-0.39, 0.29) is 11.3 Å². The van der Waals surface area contributed by atoms with Crippen LogP contribution in [0.2, 0.25) is 0 Å². The van der Waals surface area contributed by atoms with Crippen molar-refractivity contribution in [3.05, 3.63) is 33.7 Å². The molecule has 0 radical (unpaired) electrons. The van der Waals surface area contributed by atoms with Crippen LogP contribution in [-0.2, 0) is 0 Å². The molecule has 21 heavy (non-hydrogen) atoms. The lowest BCUT2D eigenvalue weighted by Crippen LogP contribution is -2.42. The van der Waals surface area contributed by atoms with E-state index in [1.54, 1.807) is 6.20 Å². The Morgan fingerprint density at radius 1 is 1.19 bits per heavy atom. The van der Waals surface area contributed by atoms with Gasteiger partial charge < -0.3 is 9.88 Å². The minimum atomic E-state index is -0.162. The largest absolute Gasteiger partial charge is 0.364 e. The second kappa shape index (κ2) is 6.04. The predicted molar refractivity (Wildman–Crippen MR) is 82.4 cm³/mol. The van der Waals surface area contributed by atoms with E-state index >= 15 is 0 Å². The maximum atomic E-state index is 12.7. The summed E-state index contributed by atoms with van der Waals surface area (Å²) in [6.45, 7) is 2.63. The molecule has 2 fully saturated rings. The molecule has 0 spiro atoms. The number of H-pyrrole nitrogens is 1. The first-order valence-corrected chi connectivity index (χ1v) is 8.17. The maximum Gasteiger partial charge on any atom is 0.259 e. The van der Waals surface area contributed by atoms with Crippen LogP contribution >= 0.6 is 0 Å². The third kappa shape index (κ3) is 2.89. The summed E-state index contributed by atoms with van der Waals surface area (Å²) in [5.74, 6) is 0.555. The number of nitrogens with zero attached hydrogens (tertiary/aromatic N) is 1. The van der Waals surface area contributed by atoms with Crippen LogP contribution in [0.1, 0.15) is 61.0 Å². The van der Waals surface area contributed by atoms with Crippen LogP contribution in [0, 0.1) is 12.8 Å². The van der Waals surface area contributed by atoms with Crippen molar-refractivity contribution in [2.75, 3.05) is 6.54 Å². The van der Waals surface area contributed by atoms with Gasteiger partial charge in [-0.2, -0.15) is 0 Å². The van der Waals surface area contributed by atoms with E-state index in [4.69, 9.17) is 0 Å². The standard InChI is InChI=1S/C17H24N2O2/c1-12-10-16(20)14(11-18-12)17(21)19-9-5-8-15(19)13-6-3-2-4-7-13/h10-11,13,15H,2-9H2,1H3,(H,18,20). The Balaban J connectivity index is 1.80. The Labute approximate surface area is 125 Å². The second-order valence-corrected chi connectivity index (χ2v) is 6.50. The van der Waals surface area contributed by atoms with Gasteiger partial charge >= 0.3 is 0 Å². The number of carbonyl (C=O) groups excluding carboxylic acids is 1. The highest BCUT2D eigenvalue weighted by Gasteiger charge is 2.36. The van der Waals surface area contributed by atoms with Crippen molar-refractivity contribution >= 4 is 5.91 Å². The molecule has 3 rings (SSSR count). The number of aromatic nitrogens is 1. The van der Waals surface area contributed by atoms with Gasteiger partial charge in [0, 0.05) is 30.5 Å². The molecule has 1 N–H and O–H groups in total. The van der Waals surface area contributed by atoms with Crippen LogP contribution in [0.25, 0.3) is 0 Å². The van der Waals surface area contributed by atoms with Crippen molar-refractivity contribution in [3.8, 4) is 0 Å². The van der Waals surface area contributed by atoms with Crippen molar-refractivity contribution in [1.82, 2.24) is 9.88 Å². The van der Waals surface area contributed by atoms with Gasteiger partial charge in [0.1, 0.15) is 5.56 Å². The molecule has 1 aromatic heterocycles. The summed E-state index contributed by atoms with van der Waals surface area (Å²) in [5.41, 5.74) is 0.927. The van der Waals surface area contributed by atoms with Gasteiger partial charge in [-0.3, -0.25) is 9.59 Å². The molecule has 1 saturated carbocycles. The third-order valence-corrected chi connectivity index (χ3v) is 5.04. The normalized spacial score (nSPS) is 23.5. The Kier molecular flexibility index (Phi) is 4.13. The molecule has 2 heterocycles. The fourth-order valence-electron chi connectivity index (χ4n) is 3.95. The molecule has 1 aliphatic carbocycles. The summed E-state index contributed by atoms with van der Waals surface area (Å²) in [6.07, 6.45) is 10.1. The number of hydrogen-bond acceptors (Lipinski definition) is 2. The smallest absolute Gasteiger partial charge is 0.259 e. The molecule has 1 saturated heterocycles. The van der Waals surface area contributed by atoms with Crippen molar-refractivity contribution in [1.29, 1.82) is 0 Å². The van der Waals surface area contributed by atoms with E-state index < -0.39 is 0 Å². The van der Waals surface area contributed by atoms with Gasteiger partial charge in [-0.15, -0.1) is 0 Å². The average Bonchev–Trinajstić information content (AvgIpc) is 2.97. The first-order valence-electron chi connectivity index (χ1n) is 8.17. The maximum absolute atomic E-state index is 12.7. The van der Waals surface area contributed by atoms with E-state index in [2.05, 4.69) is 4.98 Å². The van der Waals surface area contributed by atoms with Gasteiger partial charge in [0.2, 0.25) is 0 Å². The molecule has 0 aromatic carbocycles. The third-order valence-electron chi connectivity index (χ3n) is 5.04. The molecule has 4 heteroatoms. The lowest BCUT2D eigenvalue weighted by Gasteiger charge is -2.34. The second-order valence-electron chi connectivity index (χ2n) is 6.50. The van der Waals surface area contributed by atoms with Crippen molar-refractivity contribution < 1.29 is 4.79 Å².